The van der Waals surface area contributed by atoms with E-state index >= 15 is 0 Å². The van der Waals surface area contributed by atoms with E-state index in [1.165, 1.54) is 35.2 Å². The van der Waals surface area contributed by atoms with Gasteiger partial charge in [-0.15, -0.1) is 0 Å². The van der Waals surface area contributed by atoms with Crippen molar-refractivity contribution in [1.82, 2.24) is 4.98 Å². The summed E-state index contributed by atoms with van der Waals surface area (Å²) in [6.45, 7) is 4.24. The second-order valence-corrected chi connectivity index (χ2v) is 5.88. The number of nitrogens with two attached hydrogens (primary N) is 1. The number of aryl methyl sites for hydroxylation is 1. The molecule has 110 valence electrons. The molecule has 1 aliphatic rings. The largest absolute Gasteiger partial charge is 0.371 e. The Labute approximate surface area is 126 Å². The molecule has 0 spiro atoms. The molecule has 0 saturated heterocycles. The Morgan fingerprint density at radius 1 is 1.33 bits per heavy atom. The van der Waals surface area contributed by atoms with E-state index < -0.39 is 0 Å². The highest BCUT2D eigenvalue weighted by Crippen LogP contribution is 2.29. The number of aromatic nitrogens is 1. The number of hydrogen-bond acceptors (Lipinski definition) is 3. The van der Waals surface area contributed by atoms with Crippen LogP contribution in [-0.2, 0) is 12.8 Å². The maximum Gasteiger partial charge on any atom is 0.0399 e. The molecule has 0 bridgehead atoms. The van der Waals surface area contributed by atoms with E-state index in [0.29, 0.717) is 0 Å². The molecule has 0 aliphatic carbocycles. The van der Waals surface area contributed by atoms with Gasteiger partial charge in [-0.05, 0) is 55.0 Å². The normalized spacial score (nSPS) is 15.6. The van der Waals surface area contributed by atoms with Gasteiger partial charge in [0.1, 0.15) is 0 Å². The van der Waals surface area contributed by atoms with Crippen molar-refractivity contribution in [2.24, 2.45) is 5.73 Å². The Balaban J connectivity index is 1.74. The summed E-state index contributed by atoms with van der Waals surface area (Å²) in [4.78, 5) is 6.69. The highest BCUT2D eigenvalue weighted by molar-refractivity contribution is 5.57. The third-order valence-corrected chi connectivity index (χ3v) is 4.24. The van der Waals surface area contributed by atoms with E-state index in [1.54, 1.807) is 0 Å². The fraction of sp³-hybridized carbons (Fsp3) is 0.389. The van der Waals surface area contributed by atoms with Gasteiger partial charge in [-0.1, -0.05) is 18.2 Å². The third-order valence-electron chi connectivity index (χ3n) is 4.24. The predicted octanol–water partition coefficient (Wildman–Crippen LogP) is 3.10. The van der Waals surface area contributed by atoms with Crippen LogP contribution >= 0.6 is 0 Å². The lowest BCUT2D eigenvalue weighted by Gasteiger charge is -2.32. The van der Waals surface area contributed by atoms with Gasteiger partial charge in [-0.3, -0.25) is 4.98 Å². The maximum atomic E-state index is 6.00. The average molecular weight is 281 g/mol. The van der Waals surface area contributed by atoms with Gasteiger partial charge in [0, 0.05) is 37.2 Å². The van der Waals surface area contributed by atoms with E-state index in [9.17, 15) is 0 Å². The summed E-state index contributed by atoms with van der Waals surface area (Å²) < 4.78 is 0. The van der Waals surface area contributed by atoms with Gasteiger partial charge < -0.3 is 10.6 Å². The number of fused-ring (bicyclic) bond motifs is 1. The summed E-state index contributed by atoms with van der Waals surface area (Å²) in [6.07, 6.45) is 7.23. The van der Waals surface area contributed by atoms with Gasteiger partial charge in [0.15, 0.2) is 0 Å². The number of rotatable bonds is 4. The zero-order valence-corrected chi connectivity index (χ0v) is 12.6. The van der Waals surface area contributed by atoms with Crippen LogP contribution in [0.4, 0.5) is 5.69 Å². The van der Waals surface area contributed by atoms with E-state index in [-0.39, 0.29) is 6.04 Å². The number of anilines is 1. The molecule has 3 heteroatoms. The summed E-state index contributed by atoms with van der Waals surface area (Å²) in [5.41, 5.74) is 11.4. The van der Waals surface area contributed by atoms with Crippen molar-refractivity contribution in [3.8, 4) is 0 Å². The van der Waals surface area contributed by atoms with Crippen molar-refractivity contribution in [3.05, 3.63) is 59.4 Å². The predicted molar refractivity (Wildman–Crippen MR) is 87.5 cm³/mol. The Morgan fingerprint density at radius 3 is 3.00 bits per heavy atom. The van der Waals surface area contributed by atoms with Crippen molar-refractivity contribution in [2.75, 3.05) is 18.0 Å². The summed E-state index contributed by atoms with van der Waals surface area (Å²) in [7, 11) is 0. The lowest BCUT2D eigenvalue weighted by molar-refractivity contribution is 0.684. The first kappa shape index (κ1) is 14.1. The smallest absolute Gasteiger partial charge is 0.0399 e. The summed E-state index contributed by atoms with van der Waals surface area (Å²) in [5.74, 6) is 0. The molecule has 0 amide bonds. The first-order chi connectivity index (χ1) is 10.2. The van der Waals surface area contributed by atoms with Crippen LogP contribution in [-0.4, -0.2) is 18.1 Å². The minimum Gasteiger partial charge on any atom is -0.371 e. The molecule has 3 nitrogen and oxygen atoms in total. The zero-order chi connectivity index (χ0) is 14.7. The zero-order valence-electron chi connectivity index (χ0n) is 12.6. The van der Waals surface area contributed by atoms with E-state index in [0.717, 1.165) is 19.5 Å². The molecule has 2 heterocycles. The lowest BCUT2D eigenvalue weighted by Crippen LogP contribution is -2.31. The molecule has 2 aromatic rings. The minimum atomic E-state index is 0.112. The Hall–Kier alpha value is -1.87. The van der Waals surface area contributed by atoms with Gasteiger partial charge in [-0.25, -0.2) is 0 Å². The topological polar surface area (TPSA) is 42.1 Å². The van der Waals surface area contributed by atoms with Gasteiger partial charge in [0.25, 0.3) is 0 Å². The molecule has 1 atom stereocenters. The van der Waals surface area contributed by atoms with Gasteiger partial charge in [0.05, 0.1) is 0 Å². The van der Waals surface area contributed by atoms with Crippen molar-refractivity contribution < 1.29 is 0 Å². The lowest BCUT2D eigenvalue weighted by atomic mass is 9.97. The first-order valence-electron chi connectivity index (χ1n) is 7.76. The first-order valence-corrected chi connectivity index (χ1v) is 7.76. The average Bonchev–Trinajstić information content (AvgIpc) is 2.53. The Kier molecular flexibility index (Phi) is 4.20. The number of nitrogens with zero attached hydrogens (tertiary/aromatic N) is 2. The Morgan fingerprint density at radius 2 is 2.24 bits per heavy atom. The molecule has 0 radical (unpaired) electrons. The summed E-state index contributed by atoms with van der Waals surface area (Å²) in [5, 5.41) is 0. The number of pyridine rings is 1. The van der Waals surface area contributed by atoms with Gasteiger partial charge in [-0.2, -0.15) is 0 Å². The molecule has 0 fully saturated rings. The van der Waals surface area contributed by atoms with Crippen molar-refractivity contribution >= 4 is 5.69 Å². The second-order valence-electron chi connectivity index (χ2n) is 5.88. The fourth-order valence-corrected chi connectivity index (χ4v) is 3.02. The minimum absolute atomic E-state index is 0.112. The van der Waals surface area contributed by atoms with Crippen LogP contribution in [0.15, 0.2) is 42.7 Å². The monoisotopic (exact) mass is 281 g/mol. The molecule has 21 heavy (non-hydrogen) atoms. The van der Waals surface area contributed by atoms with Crippen LogP contribution in [0.5, 0.6) is 0 Å². The SMILES string of the molecule is CC(N)c1ccc2c(c1)CCCN2CCc1cccnc1. The molecule has 2 N–H and O–H groups in total. The van der Waals surface area contributed by atoms with Crippen molar-refractivity contribution in [1.29, 1.82) is 0 Å². The number of hydrogen-bond donors (Lipinski definition) is 1. The van der Waals surface area contributed by atoms with E-state index in [4.69, 9.17) is 5.73 Å². The maximum absolute atomic E-state index is 6.00. The quantitative estimate of drug-likeness (QED) is 0.936. The van der Waals surface area contributed by atoms with Crippen molar-refractivity contribution in [3.63, 3.8) is 0 Å². The molecule has 3 rings (SSSR count). The standard InChI is InChI=1S/C18H23N3/c1-14(19)16-6-7-18-17(12-16)5-3-10-21(18)11-8-15-4-2-9-20-13-15/h2,4,6-7,9,12-14H,3,5,8,10-11,19H2,1H3. The molecule has 0 saturated carbocycles. The molecular weight excluding hydrogens is 258 g/mol. The van der Waals surface area contributed by atoms with E-state index in [2.05, 4.69) is 34.1 Å². The molecular formula is C18H23N3. The Bertz CT molecular complexity index is 593. The molecule has 1 aromatic heterocycles. The van der Waals surface area contributed by atoms with Crippen LogP contribution in [0.1, 0.15) is 36.1 Å². The summed E-state index contributed by atoms with van der Waals surface area (Å²) in [6, 6.07) is 11.0. The van der Waals surface area contributed by atoms with Crippen LogP contribution in [0, 0.1) is 0 Å². The number of benzene rings is 1. The molecule has 1 aliphatic heterocycles. The van der Waals surface area contributed by atoms with Crippen LogP contribution in [0.2, 0.25) is 0 Å². The third kappa shape index (κ3) is 3.24. The van der Waals surface area contributed by atoms with Gasteiger partial charge in [0.2, 0.25) is 0 Å². The highest BCUT2D eigenvalue weighted by atomic mass is 15.1. The highest BCUT2D eigenvalue weighted by Gasteiger charge is 2.17. The second kappa shape index (κ2) is 6.27. The fourth-order valence-electron chi connectivity index (χ4n) is 3.02. The van der Waals surface area contributed by atoms with Crippen LogP contribution < -0.4 is 10.6 Å². The molecule has 1 unspecified atom stereocenters. The van der Waals surface area contributed by atoms with E-state index in [1.807, 2.05) is 25.4 Å². The summed E-state index contributed by atoms with van der Waals surface area (Å²) >= 11 is 0. The van der Waals surface area contributed by atoms with Gasteiger partial charge >= 0.3 is 0 Å². The van der Waals surface area contributed by atoms with Crippen LogP contribution in [0.3, 0.4) is 0 Å². The van der Waals surface area contributed by atoms with Crippen molar-refractivity contribution in [2.45, 2.75) is 32.2 Å². The van der Waals surface area contributed by atoms with Crippen LogP contribution in [0.25, 0.3) is 0 Å². The molecule has 1 aromatic carbocycles.